The SMILES string of the molecule is CSC[C@H](N)C(=O)OC(=O)[C@@H](N)CS. The average Bonchev–Trinajstić information content (AvgIpc) is 2.16. The molecule has 0 aliphatic heterocycles. The van der Waals surface area contributed by atoms with Crippen LogP contribution in [0.15, 0.2) is 0 Å². The van der Waals surface area contributed by atoms with E-state index in [1.807, 2.05) is 0 Å². The fourth-order valence-corrected chi connectivity index (χ4v) is 1.22. The summed E-state index contributed by atoms with van der Waals surface area (Å²) in [4.78, 5) is 22.1. The molecule has 0 radical (unpaired) electrons. The van der Waals surface area contributed by atoms with Crippen LogP contribution in [0.25, 0.3) is 0 Å². The van der Waals surface area contributed by atoms with Crippen molar-refractivity contribution >= 4 is 36.3 Å². The molecule has 0 fully saturated rings. The van der Waals surface area contributed by atoms with Crippen LogP contribution < -0.4 is 11.5 Å². The summed E-state index contributed by atoms with van der Waals surface area (Å²) in [6.07, 6.45) is 1.80. The minimum Gasteiger partial charge on any atom is -0.391 e. The van der Waals surface area contributed by atoms with E-state index in [1.165, 1.54) is 11.8 Å². The first-order valence-electron chi connectivity index (χ1n) is 3.89. The van der Waals surface area contributed by atoms with Crippen LogP contribution in [0.1, 0.15) is 0 Å². The first kappa shape index (κ1) is 13.8. The second-order valence-corrected chi connectivity index (χ2v) is 3.87. The number of hydrogen-bond acceptors (Lipinski definition) is 7. The van der Waals surface area contributed by atoms with Crippen molar-refractivity contribution in [1.29, 1.82) is 0 Å². The third-order valence-electron chi connectivity index (χ3n) is 1.35. The van der Waals surface area contributed by atoms with Gasteiger partial charge in [-0.05, 0) is 6.26 Å². The molecule has 2 atom stereocenters. The van der Waals surface area contributed by atoms with Crippen molar-refractivity contribution in [3.63, 3.8) is 0 Å². The van der Waals surface area contributed by atoms with E-state index in [4.69, 9.17) is 11.5 Å². The Labute approximate surface area is 92.3 Å². The van der Waals surface area contributed by atoms with Crippen molar-refractivity contribution in [2.24, 2.45) is 11.5 Å². The summed E-state index contributed by atoms with van der Waals surface area (Å²) >= 11 is 5.19. The van der Waals surface area contributed by atoms with E-state index >= 15 is 0 Å². The summed E-state index contributed by atoms with van der Waals surface area (Å²) < 4.78 is 4.43. The Morgan fingerprint density at radius 3 is 2.29 bits per heavy atom. The van der Waals surface area contributed by atoms with Crippen LogP contribution in [0.3, 0.4) is 0 Å². The van der Waals surface area contributed by atoms with Gasteiger partial charge in [0.2, 0.25) is 0 Å². The Morgan fingerprint density at radius 1 is 1.36 bits per heavy atom. The fraction of sp³-hybridized carbons (Fsp3) is 0.714. The number of hydrogen-bond donors (Lipinski definition) is 3. The molecule has 4 N–H and O–H groups in total. The third kappa shape index (κ3) is 4.85. The van der Waals surface area contributed by atoms with Gasteiger partial charge in [-0.2, -0.15) is 24.4 Å². The molecule has 0 amide bonds. The number of thiol groups is 1. The van der Waals surface area contributed by atoms with Crippen molar-refractivity contribution in [2.75, 3.05) is 17.8 Å². The van der Waals surface area contributed by atoms with E-state index in [0.717, 1.165) is 0 Å². The molecule has 0 bridgehead atoms. The van der Waals surface area contributed by atoms with Crippen molar-refractivity contribution in [1.82, 2.24) is 0 Å². The van der Waals surface area contributed by atoms with Gasteiger partial charge in [-0.3, -0.25) is 0 Å². The molecule has 14 heavy (non-hydrogen) atoms. The number of esters is 2. The number of carbonyl (C=O) groups is 2. The van der Waals surface area contributed by atoms with E-state index in [-0.39, 0.29) is 5.75 Å². The Morgan fingerprint density at radius 2 is 1.86 bits per heavy atom. The summed E-state index contributed by atoms with van der Waals surface area (Å²) in [5.74, 6) is -1.00. The van der Waals surface area contributed by atoms with Gasteiger partial charge in [0, 0.05) is 11.5 Å². The van der Waals surface area contributed by atoms with Gasteiger partial charge in [-0.1, -0.05) is 0 Å². The van der Waals surface area contributed by atoms with Crippen molar-refractivity contribution in [3.05, 3.63) is 0 Å². The minimum absolute atomic E-state index is 0.129. The smallest absolute Gasteiger partial charge is 0.331 e. The van der Waals surface area contributed by atoms with Gasteiger partial charge in [-0.15, -0.1) is 0 Å². The first-order chi connectivity index (χ1) is 6.52. The highest BCUT2D eigenvalue weighted by molar-refractivity contribution is 7.98. The van der Waals surface area contributed by atoms with Crippen LogP contribution >= 0.6 is 24.4 Å². The highest BCUT2D eigenvalue weighted by Crippen LogP contribution is 1.98. The van der Waals surface area contributed by atoms with Gasteiger partial charge >= 0.3 is 11.9 Å². The van der Waals surface area contributed by atoms with Gasteiger partial charge in [0.25, 0.3) is 0 Å². The minimum atomic E-state index is -0.885. The van der Waals surface area contributed by atoms with Gasteiger partial charge in [0.1, 0.15) is 12.1 Å². The Bertz CT molecular complexity index is 213. The molecule has 0 saturated heterocycles. The lowest BCUT2D eigenvalue weighted by Gasteiger charge is -2.10. The van der Waals surface area contributed by atoms with E-state index < -0.39 is 24.0 Å². The third-order valence-corrected chi connectivity index (χ3v) is 2.44. The molecule has 5 nitrogen and oxygen atoms in total. The summed E-state index contributed by atoms with van der Waals surface area (Å²) in [6, 6.07) is -1.68. The average molecular weight is 238 g/mol. The molecule has 7 heteroatoms. The first-order valence-corrected chi connectivity index (χ1v) is 5.92. The molecule has 0 spiro atoms. The maximum atomic E-state index is 11.1. The molecule has 0 aromatic heterocycles. The van der Waals surface area contributed by atoms with Crippen LogP contribution in [0, 0.1) is 0 Å². The predicted octanol–water partition coefficient (Wildman–Crippen LogP) is -0.996. The standard InChI is InChI=1S/C7H14N2O3S2/c1-14-3-5(9)7(11)12-6(10)4(8)2-13/h4-5,13H,2-3,8-9H2,1H3/t4-,5-/m0/s1. The highest BCUT2D eigenvalue weighted by atomic mass is 32.2. The van der Waals surface area contributed by atoms with Gasteiger partial charge < -0.3 is 16.2 Å². The number of ether oxygens (including phenoxy) is 1. The van der Waals surface area contributed by atoms with Crippen molar-refractivity contribution in [2.45, 2.75) is 12.1 Å². The Balaban J connectivity index is 3.99. The largest absolute Gasteiger partial charge is 0.391 e. The molecular formula is C7H14N2O3S2. The van der Waals surface area contributed by atoms with Crippen LogP contribution in [0.4, 0.5) is 0 Å². The zero-order chi connectivity index (χ0) is 11.1. The predicted molar refractivity (Wildman–Crippen MR) is 59.3 cm³/mol. The maximum Gasteiger partial charge on any atom is 0.331 e. The zero-order valence-corrected chi connectivity index (χ0v) is 9.51. The lowest BCUT2D eigenvalue weighted by molar-refractivity contribution is -0.160. The van der Waals surface area contributed by atoms with Gasteiger partial charge in [-0.25, -0.2) is 9.59 Å². The summed E-state index contributed by atoms with van der Waals surface area (Å²) in [5.41, 5.74) is 10.7. The molecule has 0 unspecified atom stereocenters. The van der Waals surface area contributed by atoms with Crippen LogP contribution in [0.2, 0.25) is 0 Å². The lowest BCUT2D eigenvalue weighted by Crippen LogP contribution is -2.41. The molecule has 0 aliphatic carbocycles. The fourth-order valence-electron chi connectivity index (χ4n) is 0.573. The van der Waals surface area contributed by atoms with E-state index in [9.17, 15) is 9.59 Å². The molecule has 82 valence electrons. The Kier molecular flexibility index (Phi) is 6.98. The van der Waals surface area contributed by atoms with Crippen LogP contribution in [-0.2, 0) is 14.3 Å². The maximum absolute atomic E-state index is 11.1. The van der Waals surface area contributed by atoms with E-state index in [2.05, 4.69) is 17.4 Å². The number of rotatable bonds is 5. The second kappa shape index (κ2) is 7.10. The lowest BCUT2D eigenvalue weighted by atomic mass is 10.3. The molecular weight excluding hydrogens is 224 g/mol. The summed E-state index contributed by atoms with van der Waals surface area (Å²) in [7, 11) is 0. The van der Waals surface area contributed by atoms with Crippen molar-refractivity contribution < 1.29 is 14.3 Å². The second-order valence-electron chi connectivity index (χ2n) is 2.59. The normalized spacial score (nSPS) is 14.6. The zero-order valence-electron chi connectivity index (χ0n) is 7.80. The number of nitrogens with two attached hydrogens (primary N) is 2. The summed E-state index contributed by atoms with van der Waals surface area (Å²) in [6.45, 7) is 0. The summed E-state index contributed by atoms with van der Waals surface area (Å²) in [5, 5.41) is 0. The quantitative estimate of drug-likeness (QED) is 0.323. The van der Waals surface area contributed by atoms with Gasteiger partial charge in [0.15, 0.2) is 0 Å². The molecule has 0 aliphatic rings. The molecule has 0 heterocycles. The number of thioether (sulfide) groups is 1. The molecule has 0 saturated carbocycles. The van der Waals surface area contributed by atoms with E-state index in [0.29, 0.717) is 5.75 Å². The number of carbonyl (C=O) groups excluding carboxylic acids is 2. The van der Waals surface area contributed by atoms with Crippen LogP contribution in [-0.4, -0.2) is 41.8 Å². The topological polar surface area (TPSA) is 95.4 Å². The molecule has 0 aromatic carbocycles. The van der Waals surface area contributed by atoms with E-state index in [1.54, 1.807) is 6.26 Å². The van der Waals surface area contributed by atoms with Gasteiger partial charge in [0.05, 0.1) is 0 Å². The van der Waals surface area contributed by atoms with Crippen LogP contribution in [0.5, 0.6) is 0 Å². The monoisotopic (exact) mass is 238 g/mol. The Hall–Kier alpha value is -0.240. The molecule has 0 aromatic rings. The highest BCUT2D eigenvalue weighted by Gasteiger charge is 2.21. The molecule has 0 rings (SSSR count). The van der Waals surface area contributed by atoms with Crippen molar-refractivity contribution in [3.8, 4) is 0 Å².